The van der Waals surface area contributed by atoms with Crippen molar-refractivity contribution in [3.63, 3.8) is 0 Å². The number of hydrogen-bond acceptors (Lipinski definition) is 4. The highest BCUT2D eigenvalue weighted by molar-refractivity contribution is 7.80. The predicted molar refractivity (Wildman–Crippen MR) is 77.5 cm³/mol. The molecule has 2 aromatic rings. The summed E-state index contributed by atoms with van der Waals surface area (Å²) >= 11 is -1.71. The number of para-hydroxylation sites is 1. The van der Waals surface area contributed by atoms with Crippen molar-refractivity contribution >= 4 is 11.1 Å². The fourth-order valence-electron chi connectivity index (χ4n) is 1.72. The van der Waals surface area contributed by atoms with Crippen molar-refractivity contribution in [3.05, 3.63) is 66.2 Å². The zero-order valence-corrected chi connectivity index (χ0v) is 11.6. The second kappa shape index (κ2) is 7.19. The smallest absolute Gasteiger partial charge is 0.209 e. The van der Waals surface area contributed by atoms with Crippen LogP contribution in [0.4, 0.5) is 0 Å². The van der Waals surface area contributed by atoms with Crippen LogP contribution in [-0.2, 0) is 11.1 Å². The molecule has 4 nitrogen and oxygen atoms in total. The lowest BCUT2D eigenvalue weighted by Gasteiger charge is -2.17. The molecule has 0 aliphatic heterocycles. The minimum Gasteiger partial charge on any atom is -0.400 e. The Morgan fingerprint density at radius 3 is 2.10 bits per heavy atom. The first kappa shape index (κ1) is 14.7. The van der Waals surface area contributed by atoms with Crippen LogP contribution in [0.2, 0.25) is 0 Å². The molecular weight excluding hydrogens is 276 g/mol. The van der Waals surface area contributed by atoms with E-state index in [1.54, 1.807) is 48.5 Å². The van der Waals surface area contributed by atoms with E-state index < -0.39 is 23.3 Å². The van der Waals surface area contributed by atoms with Gasteiger partial charge in [0.1, 0.15) is 11.9 Å². The lowest BCUT2D eigenvalue weighted by molar-refractivity contribution is 0.0324. The lowest BCUT2D eigenvalue weighted by Crippen LogP contribution is -2.26. The van der Waals surface area contributed by atoms with Gasteiger partial charge in [0.05, 0.1) is 11.9 Å². The number of aliphatic hydroxyl groups excluding tert-OH is 2. The van der Waals surface area contributed by atoms with E-state index in [9.17, 15) is 14.4 Å². The third-order valence-electron chi connectivity index (χ3n) is 2.74. The average Bonchev–Trinajstić information content (AvgIpc) is 2.48. The van der Waals surface area contributed by atoms with Gasteiger partial charge in [0.25, 0.3) is 0 Å². The van der Waals surface area contributed by atoms with Gasteiger partial charge in [-0.1, -0.05) is 48.5 Å². The second-order valence-corrected chi connectivity index (χ2v) is 5.40. The summed E-state index contributed by atoms with van der Waals surface area (Å²) in [4.78, 5) is 0. The Morgan fingerprint density at radius 2 is 1.50 bits per heavy atom. The number of hydrogen-bond donors (Lipinski definition) is 2. The van der Waals surface area contributed by atoms with Crippen molar-refractivity contribution in [1.82, 2.24) is 0 Å². The normalized spacial score (nSPS) is 15.3. The van der Waals surface area contributed by atoms with Gasteiger partial charge in [-0.15, -0.1) is 0 Å². The maximum Gasteiger partial charge on any atom is 0.209 e. The molecule has 2 aromatic carbocycles. The van der Waals surface area contributed by atoms with E-state index in [0.717, 1.165) is 0 Å². The molecule has 3 atom stereocenters. The quantitative estimate of drug-likeness (QED) is 0.852. The topological polar surface area (TPSA) is 66.8 Å². The number of aliphatic hydroxyl groups is 2. The first-order valence-corrected chi connectivity index (χ1v) is 7.44. The standard InChI is InChI=1S/C15H16O4S/c16-14(15(17)12-7-3-1-4-8-12)11-20(18)19-13-9-5-2-6-10-13/h1-10,14-17H,11H2/t14-,15-,20?/m1/s1. The van der Waals surface area contributed by atoms with Crippen LogP contribution in [0, 0.1) is 0 Å². The minimum absolute atomic E-state index is 0.162. The van der Waals surface area contributed by atoms with Gasteiger partial charge in [0, 0.05) is 0 Å². The molecular formula is C15H16O4S. The lowest BCUT2D eigenvalue weighted by atomic mass is 10.1. The summed E-state index contributed by atoms with van der Waals surface area (Å²) in [6, 6.07) is 17.5. The number of rotatable bonds is 6. The monoisotopic (exact) mass is 292 g/mol. The van der Waals surface area contributed by atoms with Gasteiger partial charge in [-0.3, -0.25) is 0 Å². The molecule has 5 heteroatoms. The molecule has 0 fully saturated rings. The van der Waals surface area contributed by atoms with Crippen LogP contribution < -0.4 is 4.18 Å². The highest BCUT2D eigenvalue weighted by Gasteiger charge is 2.21. The molecule has 1 unspecified atom stereocenters. The van der Waals surface area contributed by atoms with E-state index in [-0.39, 0.29) is 5.75 Å². The zero-order chi connectivity index (χ0) is 14.4. The first-order valence-electron chi connectivity index (χ1n) is 6.19. The Labute approximate surface area is 120 Å². The Morgan fingerprint density at radius 1 is 0.950 bits per heavy atom. The van der Waals surface area contributed by atoms with Gasteiger partial charge in [0.15, 0.2) is 0 Å². The molecule has 0 aliphatic rings. The van der Waals surface area contributed by atoms with Gasteiger partial charge in [-0.05, 0) is 17.7 Å². The molecule has 0 aromatic heterocycles. The van der Waals surface area contributed by atoms with Crippen LogP contribution in [0.5, 0.6) is 5.75 Å². The van der Waals surface area contributed by atoms with Crippen LogP contribution in [0.3, 0.4) is 0 Å². The molecule has 106 valence electrons. The Hall–Kier alpha value is -1.69. The Bertz CT molecular complexity index is 544. The average molecular weight is 292 g/mol. The molecule has 20 heavy (non-hydrogen) atoms. The second-order valence-electron chi connectivity index (χ2n) is 4.29. The van der Waals surface area contributed by atoms with E-state index in [4.69, 9.17) is 4.18 Å². The summed E-state index contributed by atoms with van der Waals surface area (Å²) < 4.78 is 16.9. The van der Waals surface area contributed by atoms with Gasteiger partial charge in [-0.25, -0.2) is 4.21 Å². The SMILES string of the molecule is O=S(C[C@@H](O)[C@H](O)c1ccccc1)Oc1ccccc1. The molecule has 0 saturated carbocycles. The molecule has 0 bridgehead atoms. The Kier molecular flexibility index (Phi) is 5.29. The molecule has 0 aliphatic carbocycles. The van der Waals surface area contributed by atoms with Crippen molar-refractivity contribution in [1.29, 1.82) is 0 Å². The number of benzene rings is 2. The van der Waals surface area contributed by atoms with Crippen LogP contribution in [0.15, 0.2) is 60.7 Å². The largest absolute Gasteiger partial charge is 0.400 e. The summed E-state index contributed by atoms with van der Waals surface area (Å²) in [5, 5.41) is 19.9. The van der Waals surface area contributed by atoms with Crippen LogP contribution in [-0.4, -0.2) is 26.3 Å². The molecule has 0 spiro atoms. The summed E-state index contributed by atoms with van der Waals surface area (Å²) in [6.45, 7) is 0. The molecule has 0 amide bonds. The van der Waals surface area contributed by atoms with Gasteiger partial charge in [-0.2, -0.15) is 0 Å². The van der Waals surface area contributed by atoms with E-state index in [1.807, 2.05) is 12.1 Å². The van der Waals surface area contributed by atoms with E-state index in [2.05, 4.69) is 0 Å². The predicted octanol–water partition coefficient (Wildman–Crippen LogP) is 1.82. The highest BCUT2D eigenvalue weighted by atomic mass is 32.2. The van der Waals surface area contributed by atoms with E-state index in [1.165, 1.54) is 0 Å². The third kappa shape index (κ3) is 4.16. The van der Waals surface area contributed by atoms with Crippen molar-refractivity contribution < 1.29 is 18.6 Å². The molecule has 2 N–H and O–H groups in total. The van der Waals surface area contributed by atoms with Gasteiger partial charge < -0.3 is 14.4 Å². The van der Waals surface area contributed by atoms with E-state index in [0.29, 0.717) is 11.3 Å². The third-order valence-corrected chi connectivity index (χ3v) is 3.74. The first-order chi connectivity index (χ1) is 9.66. The maximum atomic E-state index is 11.8. The summed E-state index contributed by atoms with van der Waals surface area (Å²) in [7, 11) is 0. The Balaban J connectivity index is 1.91. The van der Waals surface area contributed by atoms with Crippen LogP contribution in [0.25, 0.3) is 0 Å². The van der Waals surface area contributed by atoms with E-state index >= 15 is 0 Å². The van der Waals surface area contributed by atoms with Crippen molar-refractivity contribution in [2.75, 3.05) is 5.75 Å². The molecule has 0 saturated heterocycles. The summed E-state index contributed by atoms with van der Waals surface area (Å²) in [5.74, 6) is 0.303. The highest BCUT2D eigenvalue weighted by Crippen LogP contribution is 2.18. The van der Waals surface area contributed by atoms with Gasteiger partial charge in [0.2, 0.25) is 11.1 Å². The van der Waals surface area contributed by atoms with Gasteiger partial charge >= 0.3 is 0 Å². The fraction of sp³-hybridized carbons (Fsp3) is 0.200. The molecule has 0 radical (unpaired) electrons. The fourth-order valence-corrected chi connectivity index (χ4v) is 2.58. The molecule has 2 rings (SSSR count). The van der Waals surface area contributed by atoms with Crippen LogP contribution >= 0.6 is 0 Å². The van der Waals surface area contributed by atoms with Crippen molar-refractivity contribution in [3.8, 4) is 5.75 Å². The maximum absolute atomic E-state index is 11.8. The minimum atomic E-state index is -1.71. The van der Waals surface area contributed by atoms with Crippen molar-refractivity contribution in [2.24, 2.45) is 0 Å². The molecule has 0 heterocycles. The summed E-state index contributed by atoms with van der Waals surface area (Å²) in [5.41, 5.74) is 0.580. The zero-order valence-electron chi connectivity index (χ0n) is 10.8. The van der Waals surface area contributed by atoms with Crippen molar-refractivity contribution in [2.45, 2.75) is 12.2 Å². The van der Waals surface area contributed by atoms with Crippen LogP contribution in [0.1, 0.15) is 11.7 Å². The summed E-state index contributed by atoms with van der Waals surface area (Å²) in [6.07, 6.45) is -2.23.